The lowest BCUT2D eigenvalue weighted by molar-refractivity contribution is 0.0526. The summed E-state index contributed by atoms with van der Waals surface area (Å²) in [6, 6.07) is 9.77. The molecule has 0 aliphatic carbocycles. The second kappa shape index (κ2) is 9.28. The molecule has 28 heavy (non-hydrogen) atoms. The second-order valence-electron chi connectivity index (χ2n) is 6.13. The van der Waals surface area contributed by atoms with Crippen LogP contribution < -0.4 is 10.2 Å². The fourth-order valence-electron chi connectivity index (χ4n) is 2.92. The van der Waals surface area contributed by atoms with Crippen LogP contribution in [0, 0.1) is 0 Å². The maximum Gasteiger partial charge on any atom is 0.338 e. The number of carbonyl (C=O) groups excluding carboxylic acids is 2. The SMILES string of the molecule is CCOC(=O)c1ccc(N2CCOCC2)c(NC(=O)c2ccc(Cl)cc2Cl)c1. The van der Waals surface area contributed by atoms with E-state index in [0.717, 1.165) is 5.69 Å². The molecule has 1 amide bonds. The number of esters is 1. The van der Waals surface area contributed by atoms with E-state index >= 15 is 0 Å². The minimum atomic E-state index is -0.448. The van der Waals surface area contributed by atoms with E-state index in [1.165, 1.54) is 6.07 Å². The summed E-state index contributed by atoms with van der Waals surface area (Å²) in [5.41, 5.74) is 1.95. The Kier molecular flexibility index (Phi) is 6.78. The summed E-state index contributed by atoms with van der Waals surface area (Å²) >= 11 is 12.1. The Balaban J connectivity index is 1.93. The lowest BCUT2D eigenvalue weighted by Gasteiger charge is -2.30. The van der Waals surface area contributed by atoms with Crippen molar-refractivity contribution in [2.75, 3.05) is 43.1 Å². The number of morpholine rings is 1. The van der Waals surface area contributed by atoms with E-state index in [9.17, 15) is 9.59 Å². The van der Waals surface area contributed by atoms with Crippen LogP contribution in [0.1, 0.15) is 27.6 Å². The Morgan fingerprint density at radius 1 is 1.14 bits per heavy atom. The van der Waals surface area contributed by atoms with Gasteiger partial charge in [-0.1, -0.05) is 23.2 Å². The van der Waals surface area contributed by atoms with Crippen molar-refractivity contribution in [1.29, 1.82) is 0 Å². The maximum absolute atomic E-state index is 12.8. The van der Waals surface area contributed by atoms with Gasteiger partial charge in [-0.3, -0.25) is 4.79 Å². The molecule has 1 aliphatic heterocycles. The van der Waals surface area contributed by atoms with Crippen LogP contribution >= 0.6 is 23.2 Å². The number of rotatable bonds is 5. The van der Waals surface area contributed by atoms with Crippen LogP contribution in [0.5, 0.6) is 0 Å². The van der Waals surface area contributed by atoms with Crippen LogP contribution in [0.25, 0.3) is 0 Å². The Morgan fingerprint density at radius 3 is 2.57 bits per heavy atom. The van der Waals surface area contributed by atoms with Crippen molar-refractivity contribution in [3.05, 3.63) is 57.6 Å². The number of benzene rings is 2. The third-order valence-corrected chi connectivity index (χ3v) is 4.83. The van der Waals surface area contributed by atoms with E-state index < -0.39 is 11.9 Å². The first-order valence-electron chi connectivity index (χ1n) is 8.90. The molecule has 2 aromatic carbocycles. The summed E-state index contributed by atoms with van der Waals surface area (Å²) in [5, 5.41) is 3.56. The Morgan fingerprint density at radius 2 is 1.89 bits per heavy atom. The van der Waals surface area contributed by atoms with Gasteiger partial charge in [0, 0.05) is 18.1 Å². The zero-order valence-corrected chi connectivity index (χ0v) is 16.8. The van der Waals surface area contributed by atoms with Crippen molar-refractivity contribution < 1.29 is 19.1 Å². The number of nitrogens with zero attached hydrogens (tertiary/aromatic N) is 1. The monoisotopic (exact) mass is 422 g/mol. The van der Waals surface area contributed by atoms with Crippen molar-refractivity contribution in [3.8, 4) is 0 Å². The van der Waals surface area contributed by atoms with Gasteiger partial charge in [0.2, 0.25) is 0 Å². The number of halogens is 2. The van der Waals surface area contributed by atoms with Crippen molar-refractivity contribution in [1.82, 2.24) is 0 Å². The highest BCUT2D eigenvalue weighted by Gasteiger charge is 2.20. The summed E-state index contributed by atoms with van der Waals surface area (Å²) in [6.07, 6.45) is 0. The number of anilines is 2. The molecule has 0 unspecified atom stereocenters. The molecule has 0 bridgehead atoms. The molecule has 148 valence electrons. The molecular weight excluding hydrogens is 403 g/mol. The zero-order chi connectivity index (χ0) is 20.1. The number of ether oxygens (including phenoxy) is 2. The van der Waals surface area contributed by atoms with E-state index in [4.69, 9.17) is 32.7 Å². The molecule has 6 nitrogen and oxygen atoms in total. The molecule has 2 aromatic rings. The van der Waals surface area contributed by atoms with E-state index in [0.29, 0.717) is 48.1 Å². The molecule has 1 aliphatic rings. The largest absolute Gasteiger partial charge is 0.462 e. The standard InChI is InChI=1S/C20H20Cl2N2O4/c1-2-28-20(26)13-3-6-18(24-7-9-27-10-8-24)17(11-13)23-19(25)15-5-4-14(21)12-16(15)22/h3-6,11-12H,2,7-10H2,1H3,(H,23,25). The van der Waals surface area contributed by atoms with Crippen molar-refractivity contribution in [3.63, 3.8) is 0 Å². The van der Waals surface area contributed by atoms with Gasteiger partial charge in [-0.2, -0.15) is 0 Å². The van der Waals surface area contributed by atoms with Crippen LogP contribution in [0.2, 0.25) is 10.0 Å². The van der Waals surface area contributed by atoms with Crippen molar-refractivity contribution >= 4 is 46.5 Å². The maximum atomic E-state index is 12.8. The Labute approximate surface area is 173 Å². The fourth-order valence-corrected chi connectivity index (χ4v) is 3.42. The van der Waals surface area contributed by atoms with Crippen LogP contribution in [-0.4, -0.2) is 44.8 Å². The predicted molar refractivity (Wildman–Crippen MR) is 110 cm³/mol. The first-order chi connectivity index (χ1) is 13.5. The number of hydrogen-bond acceptors (Lipinski definition) is 5. The quantitative estimate of drug-likeness (QED) is 0.728. The van der Waals surface area contributed by atoms with Gasteiger partial charge in [0.05, 0.1) is 47.3 Å². The third-order valence-electron chi connectivity index (χ3n) is 4.28. The van der Waals surface area contributed by atoms with E-state index in [1.54, 1.807) is 37.3 Å². The highest BCUT2D eigenvalue weighted by molar-refractivity contribution is 6.37. The fraction of sp³-hybridized carbons (Fsp3) is 0.300. The summed E-state index contributed by atoms with van der Waals surface area (Å²) in [6.45, 7) is 4.57. The highest BCUT2D eigenvalue weighted by Crippen LogP contribution is 2.30. The average Bonchev–Trinajstić information content (AvgIpc) is 2.68. The molecule has 0 aromatic heterocycles. The number of carbonyl (C=O) groups is 2. The topological polar surface area (TPSA) is 67.9 Å². The molecule has 3 rings (SSSR count). The van der Waals surface area contributed by atoms with Gasteiger partial charge in [-0.15, -0.1) is 0 Å². The lowest BCUT2D eigenvalue weighted by atomic mass is 10.1. The summed E-state index contributed by atoms with van der Waals surface area (Å²) in [7, 11) is 0. The first-order valence-corrected chi connectivity index (χ1v) is 9.65. The van der Waals surface area contributed by atoms with Gasteiger partial charge in [0.1, 0.15) is 0 Å². The van der Waals surface area contributed by atoms with Crippen LogP contribution in [0.3, 0.4) is 0 Å². The molecule has 1 saturated heterocycles. The molecule has 1 heterocycles. The molecule has 0 saturated carbocycles. The molecule has 1 N–H and O–H groups in total. The van der Waals surface area contributed by atoms with Crippen molar-refractivity contribution in [2.45, 2.75) is 6.92 Å². The first kappa shape index (κ1) is 20.5. The Hall–Kier alpha value is -2.28. The molecular formula is C20H20Cl2N2O4. The number of hydrogen-bond donors (Lipinski definition) is 1. The van der Waals surface area contributed by atoms with Crippen LogP contribution in [0.4, 0.5) is 11.4 Å². The minimum Gasteiger partial charge on any atom is -0.462 e. The summed E-state index contributed by atoms with van der Waals surface area (Å²) in [4.78, 5) is 27.0. The zero-order valence-electron chi connectivity index (χ0n) is 15.3. The molecule has 0 radical (unpaired) electrons. The average molecular weight is 423 g/mol. The third kappa shape index (κ3) is 4.76. The Bertz CT molecular complexity index is 883. The summed E-state index contributed by atoms with van der Waals surface area (Å²) < 4.78 is 10.5. The van der Waals surface area contributed by atoms with Crippen LogP contribution in [0.15, 0.2) is 36.4 Å². The molecule has 1 fully saturated rings. The number of amides is 1. The normalized spacial score (nSPS) is 13.9. The van der Waals surface area contributed by atoms with Crippen molar-refractivity contribution in [2.24, 2.45) is 0 Å². The molecule has 0 spiro atoms. The van der Waals surface area contributed by atoms with Gasteiger partial charge in [0.15, 0.2) is 0 Å². The molecule has 8 heteroatoms. The van der Waals surface area contributed by atoms with Crippen LogP contribution in [-0.2, 0) is 9.47 Å². The second-order valence-corrected chi connectivity index (χ2v) is 6.97. The summed E-state index contributed by atoms with van der Waals surface area (Å²) in [5.74, 6) is -0.840. The van der Waals surface area contributed by atoms with Gasteiger partial charge < -0.3 is 19.7 Å². The lowest BCUT2D eigenvalue weighted by Crippen LogP contribution is -2.36. The van der Waals surface area contributed by atoms with E-state index in [1.807, 2.05) is 0 Å². The molecule has 0 atom stereocenters. The van der Waals surface area contributed by atoms with Gasteiger partial charge in [-0.25, -0.2) is 4.79 Å². The van der Waals surface area contributed by atoms with E-state index in [-0.39, 0.29) is 11.6 Å². The smallest absolute Gasteiger partial charge is 0.338 e. The van der Waals surface area contributed by atoms with E-state index in [2.05, 4.69) is 10.2 Å². The highest BCUT2D eigenvalue weighted by atomic mass is 35.5. The van der Waals surface area contributed by atoms with Gasteiger partial charge >= 0.3 is 5.97 Å². The number of nitrogens with one attached hydrogen (secondary N) is 1. The predicted octanol–water partition coefficient (Wildman–Crippen LogP) is 4.26. The van der Waals surface area contributed by atoms with Gasteiger partial charge in [-0.05, 0) is 43.3 Å². The minimum absolute atomic E-state index is 0.250. The van der Waals surface area contributed by atoms with Gasteiger partial charge in [0.25, 0.3) is 5.91 Å².